The molecule has 0 bridgehead atoms. The number of hydrogen-bond acceptors (Lipinski definition) is 6. The summed E-state index contributed by atoms with van der Waals surface area (Å²) >= 11 is 13.6. The number of aromatic nitrogens is 1. The van der Waals surface area contributed by atoms with Crippen molar-refractivity contribution in [2.45, 2.75) is 31.3 Å². The molecule has 0 radical (unpaired) electrons. The van der Waals surface area contributed by atoms with Gasteiger partial charge in [0, 0.05) is 42.3 Å². The zero-order chi connectivity index (χ0) is 26.7. The van der Waals surface area contributed by atoms with E-state index in [9.17, 15) is 19.2 Å². The predicted molar refractivity (Wildman–Crippen MR) is 144 cm³/mol. The number of nitrogens with zero attached hydrogens (tertiary/aromatic N) is 2. The highest BCUT2D eigenvalue weighted by Gasteiger charge is 2.37. The van der Waals surface area contributed by atoms with Gasteiger partial charge in [0.15, 0.2) is 0 Å². The van der Waals surface area contributed by atoms with Crippen LogP contribution in [0.4, 0.5) is 5.82 Å². The average Bonchev–Trinajstić information content (AvgIpc) is 3.22. The molecule has 0 spiro atoms. The fraction of sp³-hybridized carbons (Fsp3) is 0.320. The second-order valence-corrected chi connectivity index (χ2v) is 10.8. The fourth-order valence-electron chi connectivity index (χ4n) is 4.34. The number of fused-ring (bicyclic) bond motifs is 1. The molecular formula is C25H25Cl2N5O4S. The van der Waals surface area contributed by atoms with Crippen LogP contribution >= 0.6 is 34.5 Å². The summed E-state index contributed by atoms with van der Waals surface area (Å²) < 4.78 is 0.874. The van der Waals surface area contributed by atoms with E-state index in [0.29, 0.717) is 34.2 Å². The van der Waals surface area contributed by atoms with Crippen molar-refractivity contribution in [2.75, 3.05) is 19.4 Å². The van der Waals surface area contributed by atoms with Crippen molar-refractivity contribution in [3.8, 4) is 0 Å². The number of pyridine rings is 1. The first kappa shape index (κ1) is 26.8. The maximum absolute atomic E-state index is 13.3. The van der Waals surface area contributed by atoms with Gasteiger partial charge in [-0.3, -0.25) is 19.2 Å². The van der Waals surface area contributed by atoms with Gasteiger partial charge in [-0.15, -0.1) is 11.3 Å². The van der Waals surface area contributed by atoms with Crippen molar-refractivity contribution in [1.82, 2.24) is 20.5 Å². The molecule has 3 atom stereocenters. The normalized spacial score (nSPS) is 19.2. The molecule has 194 valence electrons. The number of nitrogens with one attached hydrogen (secondary N) is 3. The Morgan fingerprint density at radius 2 is 1.73 bits per heavy atom. The Bertz CT molecular complexity index is 1340. The molecule has 9 nitrogen and oxygen atoms in total. The third-order valence-electron chi connectivity index (χ3n) is 6.19. The average molecular weight is 562 g/mol. The molecule has 0 saturated heterocycles. The summed E-state index contributed by atoms with van der Waals surface area (Å²) in [6.45, 7) is 0. The van der Waals surface area contributed by atoms with Crippen LogP contribution in [0.2, 0.25) is 10.0 Å². The summed E-state index contributed by atoms with van der Waals surface area (Å²) in [5.41, 5.74) is 0. The highest BCUT2D eigenvalue weighted by Crippen LogP contribution is 2.35. The summed E-state index contributed by atoms with van der Waals surface area (Å²) in [4.78, 5) is 56.9. The van der Waals surface area contributed by atoms with E-state index in [1.165, 1.54) is 34.6 Å². The topological polar surface area (TPSA) is 120 Å². The Labute approximate surface area is 227 Å². The standard InChI is InChI=1S/C25H25Cl2N5O4S/c1-32(2)25(36)13-7-9-16(29-23(34)24(35)31-19-10-8-14(26)12-28-19)17(11-13)30-22(33)21-20(27)15-5-3-4-6-18(15)37-21/h3-6,8,10,12-13,16-17H,7,9,11H2,1-2H3,(H,29,34)(H,30,33)(H,28,31,35)/t13-,16-,17+/m0/s1. The maximum atomic E-state index is 13.3. The van der Waals surface area contributed by atoms with Crippen LogP contribution in [-0.2, 0) is 14.4 Å². The molecule has 0 unspecified atom stereocenters. The predicted octanol–water partition coefficient (Wildman–Crippen LogP) is 3.71. The molecule has 12 heteroatoms. The quantitative estimate of drug-likeness (QED) is 0.410. The maximum Gasteiger partial charge on any atom is 0.314 e. The van der Waals surface area contributed by atoms with Crippen molar-refractivity contribution < 1.29 is 19.2 Å². The van der Waals surface area contributed by atoms with E-state index >= 15 is 0 Å². The third-order valence-corrected chi connectivity index (χ3v) is 8.09. The number of carbonyl (C=O) groups is 4. The summed E-state index contributed by atoms with van der Waals surface area (Å²) in [6.07, 6.45) is 2.55. The first-order valence-corrected chi connectivity index (χ1v) is 13.1. The van der Waals surface area contributed by atoms with Gasteiger partial charge in [0.25, 0.3) is 5.91 Å². The van der Waals surface area contributed by atoms with Gasteiger partial charge >= 0.3 is 11.8 Å². The molecule has 1 aliphatic rings. The van der Waals surface area contributed by atoms with E-state index < -0.39 is 29.8 Å². The van der Waals surface area contributed by atoms with Crippen LogP contribution in [0.15, 0.2) is 42.6 Å². The van der Waals surface area contributed by atoms with Gasteiger partial charge in [-0.05, 0) is 37.5 Å². The van der Waals surface area contributed by atoms with Crippen molar-refractivity contribution in [3.05, 3.63) is 57.5 Å². The molecular weight excluding hydrogens is 537 g/mol. The summed E-state index contributed by atoms with van der Waals surface area (Å²) in [5.74, 6) is -2.40. The minimum atomic E-state index is -0.904. The van der Waals surface area contributed by atoms with Gasteiger partial charge in [-0.25, -0.2) is 4.98 Å². The van der Waals surface area contributed by atoms with E-state index in [-0.39, 0.29) is 17.6 Å². The largest absolute Gasteiger partial charge is 0.349 e. The van der Waals surface area contributed by atoms with Gasteiger partial charge in [0.1, 0.15) is 10.7 Å². The lowest BCUT2D eigenvalue weighted by Gasteiger charge is -2.37. The van der Waals surface area contributed by atoms with Gasteiger partial charge in [0.2, 0.25) is 5.91 Å². The number of halogens is 2. The van der Waals surface area contributed by atoms with Crippen molar-refractivity contribution >= 4 is 74.1 Å². The first-order valence-electron chi connectivity index (χ1n) is 11.6. The Morgan fingerprint density at radius 3 is 2.41 bits per heavy atom. The molecule has 4 amide bonds. The first-order chi connectivity index (χ1) is 17.6. The van der Waals surface area contributed by atoms with Crippen LogP contribution in [0, 0.1) is 5.92 Å². The number of thiophene rings is 1. The number of hydrogen-bond donors (Lipinski definition) is 3. The van der Waals surface area contributed by atoms with Gasteiger partial charge in [0.05, 0.1) is 16.1 Å². The molecule has 3 aromatic rings. The second kappa shape index (κ2) is 11.5. The van der Waals surface area contributed by atoms with Crippen LogP contribution in [0.25, 0.3) is 10.1 Å². The Morgan fingerprint density at radius 1 is 0.973 bits per heavy atom. The van der Waals surface area contributed by atoms with Crippen LogP contribution in [0.3, 0.4) is 0 Å². The minimum Gasteiger partial charge on any atom is -0.349 e. The molecule has 2 heterocycles. The Kier molecular flexibility index (Phi) is 8.31. The lowest BCUT2D eigenvalue weighted by molar-refractivity contribution is -0.137. The highest BCUT2D eigenvalue weighted by atomic mass is 35.5. The van der Waals surface area contributed by atoms with Crippen molar-refractivity contribution in [3.63, 3.8) is 0 Å². The second-order valence-electron chi connectivity index (χ2n) is 8.96. The Hall–Kier alpha value is -3.21. The smallest absolute Gasteiger partial charge is 0.314 e. The SMILES string of the molecule is CN(C)C(=O)[C@H]1CC[C@H](NC(=O)C(=O)Nc2ccc(Cl)cn2)[C@H](NC(=O)c2sc3ccccc3c2Cl)C1. The summed E-state index contributed by atoms with van der Waals surface area (Å²) in [6, 6.07) is 9.28. The third kappa shape index (κ3) is 6.20. The zero-order valence-electron chi connectivity index (χ0n) is 20.1. The van der Waals surface area contributed by atoms with Crippen LogP contribution in [0.1, 0.15) is 28.9 Å². The van der Waals surface area contributed by atoms with E-state index in [0.717, 1.165) is 10.1 Å². The number of carbonyl (C=O) groups excluding carboxylic acids is 4. The molecule has 0 aliphatic heterocycles. The van der Waals surface area contributed by atoms with Crippen LogP contribution in [-0.4, -0.2) is 59.7 Å². The lowest BCUT2D eigenvalue weighted by atomic mass is 9.81. The molecule has 37 heavy (non-hydrogen) atoms. The van der Waals surface area contributed by atoms with Gasteiger partial charge in [-0.1, -0.05) is 41.4 Å². The monoisotopic (exact) mass is 561 g/mol. The van der Waals surface area contributed by atoms with Crippen molar-refractivity contribution in [1.29, 1.82) is 0 Å². The number of anilines is 1. The molecule has 1 aliphatic carbocycles. The molecule has 1 aromatic carbocycles. The van der Waals surface area contributed by atoms with E-state index in [2.05, 4.69) is 20.9 Å². The molecule has 3 N–H and O–H groups in total. The van der Waals surface area contributed by atoms with E-state index in [1.54, 1.807) is 14.1 Å². The van der Waals surface area contributed by atoms with Crippen LogP contribution in [0.5, 0.6) is 0 Å². The van der Waals surface area contributed by atoms with Crippen molar-refractivity contribution in [2.24, 2.45) is 5.92 Å². The highest BCUT2D eigenvalue weighted by molar-refractivity contribution is 7.21. The zero-order valence-corrected chi connectivity index (χ0v) is 22.4. The van der Waals surface area contributed by atoms with E-state index in [1.807, 2.05) is 24.3 Å². The number of rotatable bonds is 5. The number of benzene rings is 1. The molecule has 4 rings (SSSR count). The summed E-state index contributed by atoms with van der Waals surface area (Å²) in [7, 11) is 3.35. The lowest BCUT2D eigenvalue weighted by Crippen LogP contribution is -2.57. The molecule has 1 fully saturated rings. The Balaban J connectivity index is 1.50. The fourth-order valence-corrected chi connectivity index (χ4v) is 5.87. The minimum absolute atomic E-state index is 0.0597. The molecule has 2 aromatic heterocycles. The van der Waals surface area contributed by atoms with Gasteiger partial charge in [-0.2, -0.15) is 0 Å². The number of amides is 4. The van der Waals surface area contributed by atoms with Gasteiger partial charge < -0.3 is 20.9 Å². The van der Waals surface area contributed by atoms with E-state index in [4.69, 9.17) is 23.2 Å². The van der Waals surface area contributed by atoms with Crippen LogP contribution < -0.4 is 16.0 Å². The molecule has 1 saturated carbocycles. The summed E-state index contributed by atoms with van der Waals surface area (Å²) in [5, 5.41) is 9.61.